The SMILES string of the molecule is CNC1CCN(C(=O)c2ccccc2CCc2ccccc2)CC1.Cl. The lowest BCUT2D eigenvalue weighted by molar-refractivity contribution is 0.0706. The van der Waals surface area contributed by atoms with Crippen LogP contribution in [0.15, 0.2) is 54.6 Å². The van der Waals surface area contributed by atoms with E-state index in [0.717, 1.165) is 49.9 Å². The van der Waals surface area contributed by atoms with Crippen LogP contribution in [0.5, 0.6) is 0 Å². The Bertz CT molecular complexity index is 667. The standard InChI is InChI=1S/C21H26N2O.ClH/c1-22-19-13-15-23(16-14-19)21(24)20-10-6-5-9-18(20)12-11-17-7-3-2-4-8-17;/h2-10,19,22H,11-16H2,1H3;1H. The van der Waals surface area contributed by atoms with Crippen LogP contribution < -0.4 is 5.32 Å². The molecule has 0 unspecified atom stereocenters. The van der Waals surface area contributed by atoms with Crippen LogP contribution in [-0.2, 0) is 12.8 Å². The van der Waals surface area contributed by atoms with Crippen molar-refractivity contribution < 1.29 is 4.79 Å². The molecule has 4 heteroatoms. The van der Waals surface area contributed by atoms with Gasteiger partial charge in [0.25, 0.3) is 5.91 Å². The van der Waals surface area contributed by atoms with Crippen molar-refractivity contribution in [2.75, 3.05) is 20.1 Å². The van der Waals surface area contributed by atoms with Crippen molar-refractivity contribution in [3.05, 3.63) is 71.3 Å². The summed E-state index contributed by atoms with van der Waals surface area (Å²) in [4.78, 5) is 14.9. The van der Waals surface area contributed by atoms with E-state index in [1.165, 1.54) is 5.56 Å². The fraction of sp³-hybridized carbons (Fsp3) is 0.381. The van der Waals surface area contributed by atoms with Crippen LogP contribution in [-0.4, -0.2) is 37.0 Å². The maximum absolute atomic E-state index is 12.9. The number of hydrogen-bond acceptors (Lipinski definition) is 2. The van der Waals surface area contributed by atoms with Crippen molar-refractivity contribution in [2.45, 2.75) is 31.7 Å². The van der Waals surface area contributed by atoms with Crippen LogP contribution in [0.25, 0.3) is 0 Å². The minimum Gasteiger partial charge on any atom is -0.339 e. The Kier molecular flexibility index (Phi) is 7.48. The smallest absolute Gasteiger partial charge is 0.254 e. The number of halogens is 1. The lowest BCUT2D eigenvalue weighted by Crippen LogP contribution is -2.44. The summed E-state index contributed by atoms with van der Waals surface area (Å²) in [5.41, 5.74) is 3.34. The average Bonchev–Trinajstić information content (AvgIpc) is 2.67. The molecule has 0 aromatic heterocycles. The van der Waals surface area contributed by atoms with Gasteiger partial charge in [0.05, 0.1) is 0 Å². The van der Waals surface area contributed by atoms with Gasteiger partial charge in [-0.15, -0.1) is 12.4 Å². The summed E-state index contributed by atoms with van der Waals surface area (Å²) in [7, 11) is 2.00. The van der Waals surface area contributed by atoms with E-state index in [2.05, 4.69) is 35.6 Å². The normalized spacial score (nSPS) is 14.8. The number of carbonyl (C=O) groups excluding carboxylic acids is 1. The minimum atomic E-state index is 0. The molecule has 1 amide bonds. The molecule has 0 radical (unpaired) electrons. The first kappa shape index (κ1) is 19.5. The summed E-state index contributed by atoms with van der Waals surface area (Å²) in [6.07, 6.45) is 3.94. The van der Waals surface area contributed by atoms with Gasteiger partial charge in [-0.1, -0.05) is 48.5 Å². The van der Waals surface area contributed by atoms with Gasteiger partial charge < -0.3 is 10.2 Å². The highest BCUT2D eigenvalue weighted by Gasteiger charge is 2.23. The highest BCUT2D eigenvalue weighted by Crippen LogP contribution is 2.18. The van der Waals surface area contributed by atoms with E-state index in [0.29, 0.717) is 6.04 Å². The largest absolute Gasteiger partial charge is 0.339 e. The molecule has 0 saturated carbocycles. The molecule has 2 aromatic rings. The molecule has 134 valence electrons. The number of amides is 1. The second kappa shape index (κ2) is 9.59. The molecular formula is C21H27ClN2O. The fourth-order valence-electron chi connectivity index (χ4n) is 3.41. The van der Waals surface area contributed by atoms with Crippen molar-refractivity contribution in [1.82, 2.24) is 10.2 Å². The predicted octanol–water partition coefficient (Wildman–Crippen LogP) is 3.72. The van der Waals surface area contributed by atoms with Crippen molar-refractivity contribution in [3.63, 3.8) is 0 Å². The number of nitrogens with zero attached hydrogens (tertiary/aromatic N) is 1. The fourth-order valence-corrected chi connectivity index (χ4v) is 3.41. The van der Waals surface area contributed by atoms with E-state index in [4.69, 9.17) is 0 Å². The van der Waals surface area contributed by atoms with Gasteiger partial charge in [0.1, 0.15) is 0 Å². The van der Waals surface area contributed by atoms with Crippen LogP contribution in [0, 0.1) is 0 Å². The van der Waals surface area contributed by atoms with E-state index in [-0.39, 0.29) is 18.3 Å². The molecule has 0 bridgehead atoms. The molecule has 1 N–H and O–H groups in total. The Hall–Kier alpha value is -1.84. The summed E-state index contributed by atoms with van der Waals surface area (Å²) in [5, 5.41) is 3.32. The minimum absolute atomic E-state index is 0. The Morgan fingerprint density at radius 1 is 1.00 bits per heavy atom. The molecule has 0 spiro atoms. The van der Waals surface area contributed by atoms with Crippen LogP contribution >= 0.6 is 12.4 Å². The summed E-state index contributed by atoms with van der Waals surface area (Å²) < 4.78 is 0. The summed E-state index contributed by atoms with van der Waals surface area (Å²) in [6, 6.07) is 19.1. The molecule has 2 aromatic carbocycles. The Morgan fingerprint density at radius 3 is 2.32 bits per heavy atom. The number of carbonyl (C=O) groups is 1. The van der Waals surface area contributed by atoms with Crippen molar-refractivity contribution in [3.8, 4) is 0 Å². The maximum Gasteiger partial charge on any atom is 0.254 e. The number of rotatable bonds is 5. The Morgan fingerprint density at radius 2 is 1.64 bits per heavy atom. The van der Waals surface area contributed by atoms with Crippen molar-refractivity contribution in [1.29, 1.82) is 0 Å². The molecule has 0 aliphatic carbocycles. The second-order valence-electron chi connectivity index (χ2n) is 6.50. The van der Waals surface area contributed by atoms with Crippen molar-refractivity contribution in [2.24, 2.45) is 0 Å². The van der Waals surface area contributed by atoms with E-state index in [1.54, 1.807) is 0 Å². The maximum atomic E-state index is 12.9. The summed E-state index contributed by atoms with van der Waals surface area (Å²) in [5.74, 6) is 0.188. The highest BCUT2D eigenvalue weighted by molar-refractivity contribution is 5.95. The monoisotopic (exact) mass is 358 g/mol. The molecule has 1 aliphatic heterocycles. The van der Waals surface area contributed by atoms with Crippen LogP contribution in [0.3, 0.4) is 0 Å². The predicted molar refractivity (Wildman–Crippen MR) is 106 cm³/mol. The van der Waals surface area contributed by atoms with Gasteiger partial charge in [-0.25, -0.2) is 0 Å². The molecule has 3 nitrogen and oxygen atoms in total. The zero-order valence-electron chi connectivity index (χ0n) is 14.8. The average molecular weight is 359 g/mol. The van der Waals surface area contributed by atoms with Gasteiger partial charge in [-0.2, -0.15) is 0 Å². The van der Waals surface area contributed by atoms with E-state index < -0.39 is 0 Å². The quantitative estimate of drug-likeness (QED) is 0.883. The summed E-state index contributed by atoms with van der Waals surface area (Å²) in [6.45, 7) is 1.69. The number of piperidine rings is 1. The topological polar surface area (TPSA) is 32.3 Å². The lowest BCUT2D eigenvalue weighted by atomic mass is 9.98. The van der Waals surface area contributed by atoms with Gasteiger partial charge in [0, 0.05) is 24.7 Å². The van der Waals surface area contributed by atoms with Gasteiger partial charge in [0.2, 0.25) is 0 Å². The van der Waals surface area contributed by atoms with E-state index in [9.17, 15) is 4.79 Å². The molecule has 1 fully saturated rings. The second-order valence-corrected chi connectivity index (χ2v) is 6.50. The first-order valence-electron chi connectivity index (χ1n) is 8.86. The third-order valence-corrected chi connectivity index (χ3v) is 4.96. The summed E-state index contributed by atoms with van der Waals surface area (Å²) >= 11 is 0. The zero-order chi connectivity index (χ0) is 16.8. The first-order valence-corrected chi connectivity index (χ1v) is 8.86. The van der Waals surface area contributed by atoms with Crippen molar-refractivity contribution >= 4 is 18.3 Å². The molecule has 1 aliphatic rings. The lowest BCUT2D eigenvalue weighted by Gasteiger charge is -2.32. The molecule has 3 rings (SSSR count). The number of aryl methyl sites for hydroxylation is 2. The molecule has 1 heterocycles. The third kappa shape index (κ3) is 5.07. The van der Waals surface area contributed by atoms with Crippen LogP contribution in [0.4, 0.5) is 0 Å². The van der Waals surface area contributed by atoms with E-state index >= 15 is 0 Å². The highest BCUT2D eigenvalue weighted by atomic mass is 35.5. The molecule has 25 heavy (non-hydrogen) atoms. The van der Waals surface area contributed by atoms with Gasteiger partial charge in [-0.05, 0) is 49.9 Å². The molecular weight excluding hydrogens is 332 g/mol. The zero-order valence-corrected chi connectivity index (χ0v) is 15.6. The number of nitrogens with one attached hydrogen (secondary N) is 1. The first-order chi connectivity index (χ1) is 11.8. The van der Waals surface area contributed by atoms with Gasteiger partial charge in [-0.3, -0.25) is 4.79 Å². The van der Waals surface area contributed by atoms with E-state index in [1.807, 2.05) is 36.2 Å². The molecule has 1 saturated heterocycles. The van der Waals surface area contributed by atoms with Gasteiger partial charge >= 0.3 is 0 Å². The Balaban J connectivity index is 0.00000225. The number of hydrogen-bond donors (Lipinski definition) is 1. The Labute approximate surface area is 156 Å². The van der Waals surface area contributed by atoms with Crippen LogP contribution in [0.1, 0.15) is 34.3 Å². The number of benzene rings is 2. The van der Waals surface area contributed by atoms with Crippen LogP contribution in [0.2, 0.25) is 0 Å². The van der Waals surface area contributed by atoms with Gasteiger partial charge in [0.15, 0.2) is 0 Å². The third-order valence-electron chi connectivity index (χ3n) is 4.96. The number of likely N-dealkylation sites (tertiary alicyclic amines) is 1. The molecule has 0 atom stereocenters.